The lowest BCUT2D eigenvalue weighted by atomic mass is 9.65. The molecule has 0 radical (unpaired) electrons. The van der Waals surface area contributed by atoms with Crippen molar-refractivity contribution in [3.8, 4) is 50.5 Å². The highest BCUT2D eigenvalue weighted by Crippen LogP contribution is 2.62. The summed E-state index contributed by atoms with van der Waals surface area (Å²) in [5, 5.41) is 2.55. The van der Waals surface area contributed by atoms with E-state index in [0.717, 1.165) is 28.1 Å². The molecule has 8 aromatic carbocycles. The Kier molecular flexibility index (Phi) is 5.62. The quantitative estimate of drug-likeness (QED) is 0.185. The molecule has 2 heteroatoms. The SMILES string of the molecule is c1ccc(-n2c(-c3ccc4c(c3)C3(c5ccccc5-c5ccccc5-4)c4ccccc4-c4c3ccc3ccccc43)nc3ccccc32)cc1. The molecule has 0 saturated carbocycles. The van der Waals surface area contributed by atoms with Gasteiger partial charge in [-0.25, -0.2) is 4.98 Å². The Morgan fingerprint density at radius 2 is 1.04 bits per heavy atom. The van der Waals surface area contributed by atoms with Crippen LogP contribution in [0.4, 0.5) is 0 Å². The van der Waals surface area contributed by atoms with Gasteiger partial charge in [-0.3, -0.25) is 4.57 Å². The fourth-order valence-electron chi connectivity index (χ4n) is 9.06. The van der Waals surface area contributed by atoms with Gasteiger partial charge in [0, 0.05) is 11.3 Å². The molecule has 1 heterocycles. The van der Waals surface area contributed by atoms with Crippen LogP contribution in [0, 0.1) is 0 Å². The number of hydrogen-bond acceptors (Lipinski definition) is 1. The van der Waals surface area contributed by atoms with E-state index in [2.05, 4.69) is 187 Å². The van der Waals surface area contributed by atoms with Gasteiger partial charge in [-0.15, -0.1) is 0 Å². The van der Waals surface area contributed by atoms with Gasteiger partial charge in [0.15, 0.2) is 0 Å². The number of imidazole rings is 1. The van der Waals surface area contributed by atoms with Crippen LogP contribution in [0.15, 0.2) is 182 Å². The Hall–Kier alpha value is -6.51. The van der Waals surface area contributed by atoms with E-state index in [-0.39, 0.29) is 0 Å². The molecule has 0 fully saturated rings. The Balaban J connectivity index is 1.32. The van der Waals surface area contributed by atoms with E-state index < -0.39 is 5.41 Å². The lowest BCUT2D eigenvalue weighted by molar-refractivity contribution is 0.776. The Labute approximate surface area is 290 Å². The van der Waals surface area contributed by atoms with E-state index in [1.807, 2.05) is 0 Å². The topological polar surface area (TPSA) is 17.8 Å². The number of hydrogen-bond donors (Lipinski definition) is 0. The normalized spacial score (nSPS) is 15.3. The van der Waals surface area contributed by atoms with Crippen LogP contribution in [-0.4, -0.2) is 9.55 Å². The summed E-state index contributed by atoms with van der Waals surface area (Å²) in [6, 6.07) is 66.9. The molecule has 1 unspecified atom stereocenters. The molecule has 0 aliphatic heterocycles. The minimum atomic E-state index is -0.569. The fraction of sp³-hybridized carbons (Fsp3) is 0.0208. The van der Waals surface area contributed by atoms with Gasteiger partial charge in [0.05, 0.1) is 16.4 Å². The number of aromatic nitrogens is 2. The summed E-state index contributed by atoms with van der Waals surface area (Å²) in [7, 11) is 0. The first-order valence-corrected chi connectivity index (χ1v) is 17.3. The Morgan fingerprint density at radius 1 is 0.420 bits per heavy atom. The van der Waals surface area contributed by atoms with Crippen molar-refractivity contribution in [2.45, 2.75) is 5.41 Å². The van der Waals surface area contributed by atoms with Crippen LogP contribution >= 0.6 is 0 Å². The monoisotopic (exact) mass is 634 g/mol. The number of fused-ring (bicyclic) bond motifs is 15. The van der Waals surface area contributed by atoms with E-state index in [9.17, 15) is 0 Å². The molecular formula is C48H30N2. The lowest BCUT2D eigenvalue weighted by Gasteiger charge is -2.35. The Morgan fingerprint density at radius 3 is 1.86 bits per heavy atom. The highest BCUT2D eigenvalue weighted by atomic mass is 15.1. The minimum Gasteiger partial charge on any atom is -0.292 e. The third kappa shape index (κ3) is 3.55. The molecule has 0 bridgehead atoms. The van der Waals surface area contributed by atoms with Gasteiger partial charge < -0.3 is 0 Å². The predicted octanol–water partition coefficient (Wildman–Crippen LogP) is 11.9. The van der Waals surface area contributed by atoms with Crippen molar-refractivity contribution in [1.82, 2.24) is 9.55 Å². The molecule has 1 atom stereocenters. The molecule has 1 aromatic heterocycles. The zero-order valence-corrected chi connectivity index (χ0v) is 27.2. The van der Waals surface area contributed by atoms with E-state index in [0.29, 0.717) is 0 Å². The molecule has 2 nitrogen and oxygen atoms in total. The van der Waals surface area contributed by atoms with Gasteiger partial charge in [0.25, 0.3) is 0 Å². The first-order valence-electron chi connectivity index (χ1n) is 17.3. The number of benzene rings is 8. The van der Waals surface area contributed by atoms with Crippen molar-refractivity contribution in [3.63, 3.8) is 0 Å². The largest absolute Gasteiger partial charge is 0.292 e. The van der Waals surface area contributed by atoms with E-state index >= 15 is 0 Å². The molecule has 0 N–H and O–H groups in total. The van der Waals surface area contributed by atoms with Gasteiger partial charge in [-0.2, -0.15) is 0 Å². The summed E-state index contributed by atoms with van der Waals surface area (Å²) < 4.78 is 2.31. The van der Waals surface area contributed by atoms with Gasteiger partial charge in [0.2, 0.25) is 0 Å². The van der Waals surface area contributed by atoms with Crippen LogP contribution in [-0.2, 0) is 5.41 Å². The molecule has 9 aromatic rings. The molecule has 2 aliphatic carbocycles. The van der Waals surface area contributed by atoms with Crippen LogP contribution in [0.25, 0.3) is 72.3 Å². The van der Waals surface area contributed by atoms with Crippen molar-refractivity contribution in [2.75, 3.05) is 0 Å². The summed E-state index contributed by atoms with van der Waals surface area (Å²) in [6.07, 6.45) is 0. The fourth-order valence-corrected chi connectivity index (χ4v) is 9.06. The summed E-state index contributed by atoms with van der Waals surface area (Å²) in [4.78, 5) is 5.33. The molecule has 50 heavy (non-hydrogen) atoms. The lowest BCUT2D eigenvalue weighted by Crippen LogP contribution is -2.29. The average molecular weight is 635 g/mol. The first-order chi connectivity index (χ1) is 24.8. The smallest absolute Gasteiger partial charge is 0.145 e. The number of para-hydroxylation sites is 3. The van der Waals surface area contributed by atoms with E-state index in [1.54, 1.807) is 0 Å². The van der Waals surface area contributed by atoms with Gasteiger partial charge in [0.1, 0.15) is 5.82 Å². The molecule has 2 aliphatic rings. The summed E-state index contributed by atoms with van der Waals surface area (Å²) in [5.74, 6) is 0.936. The average Bonchev–Trinajstić information content (AvgIpc) is 3.70. The maximum Gasteiger partial charge on any atom is 0.145 e. The van der Waals surface area contributed by atoms with Crippen molar-refractivity contribution in [1.29, 1.82) is 0 Å². The highest BCUT2D eigenvalue weighted by Gasteiger charge is 2.50. The van der Waals surface area contributed by atoms with Crippen molar-refractivity contribution >= 4 is 21.8 Å². The third-order valence-electron chi connectivity index (χ3n) is 11.0. The Bertz CT molecular complexity index is 2820. The molecule has 1 spiro atoms. The highest BCUT2D eigenvalue weighted by molar-refractivity contribution is 6.06. The van der Waals surface area contributed by atoms with Gasteiger partial charge in [-0.05, 0) is 96.7 Å². The third-order valence-corrected chi connectivity index (χ3v) is 11.0. The number of nitrogens with zero attached hydrogens (tertiary/aromatic N) is 2. The van der Waals surface area contributed by atoms with Crippen LogP contribution in [0.5, 0.6) is 0 Å². The summed E-state index contributed by atoms with van der Waals surface area (Å²) in [5.41, 5.74) is 16.6. The molecular weight excluding hydrogens is 605 g/mol. The van der Waals surface area contributed by atoms with Gasteiger partial charge >= 0.3 is 0 Å². The molecule has 11 rings (SSSR count). The molecule has 0 amide bonds. The molecule has 232 valence electrons. The zero-order valence-electron chi connectivity index (χ0n) is 27.2. The van der Waals surface area contributed by atoms with Crippen molar-refractivity contribution < 1.29 is 0 Å². The second-order valence-electron chi connectivity index (χ2n) is 13.5. The maximum atomic E-state index is 5.33. The van der Waals surface area contributed by atoms with Crippen LogP contribution < -0.4 is 0 Å². The summed E-state index contributed by atoms with van der Waals surface area (Å²) >= 11 is 0. The van der Waals surface area contributed by atoms with Gasteiger partial charge in [-0.1, -0.05) is 152 Å². The first kappa shape index (κ1) is 27.4. The molecule has 0 saturated heterocycles. The van der Waals surface area contributed by atoms with Crippen LogP contribution in [0.2, 0.25) is 0 Å². The zero-order chi connectivity index (χ0) is 32.8. The minimum absolute atomic E-state index is 0.569. The second kappa shape index (κ2) is 10.2. The van der Waals surface area contributed by atoms with Crippen molar-refractivity contribution in [2.24, 2.45) is 0 Å². The maximum absolute atomic E-state index is 5.33. The summed E-state index contributed by atoms with van der Waals surface area (Å²) in [6.45, 7) is 0. The van der Waals surface area contributed by atoms with Crippen LogP contribution in [0.1, 0.15) is 22.3 Å². The predicted molar refractivity (Wildman–Crippen MR) is 206 cm³/mol. The van der Waals surface area contributed by atoms with Crippen molar-refractivity contribution in [3.05, 3.63) is 204 Å². The van der Waals surface area contributed by atoms with Crippen LogP contribution in [0.3, 0.4) is 0 Å². The van der Waals surface area contributed by atoms with E-state index in [4.69, 9.17) is 4.98 Å². The number of rotatable bonds is 2. The standard InChI is InChI=1S/C48H30N2/c1-2-15-33(16-3-1)50-45-25-13-12-24-44(45)49-47(50)32-26-28-38-36-19-7-6-18-35(36)37-20-8-10-22-40(37)48(43(38)30-32)41-23-11-9-21-39(41)46-34-17-5-4-14-31(34)27-29-42(46)48/h1-30H. The van der Waals surface area contributed by atoms with E-state index in [1.165, 1.54) is 66.4 Å². The second-order valence-corrected chi connectivity index (χ2v) is 13.5.